The van der Waals surface area contributed by atoms with E-state index in [4.69, 9.17) is 11.2 Å². The number of unbranched alkanes of at least 4 members (excludes halogenated alkanes) is 2. The van der Waals surface area contributed by atoms with Crippen LogP contribution in [-0.4, -0.2) is 19.1 Å². The van der Waals surface area contributed by atoms with Crippen LogP contribution in [0.25, 0.3) is 0 Å². The van der Waals surface area contributed by atoms with Crippen molar-refractivity contribution >= 4 is 5.97 Å². The molecule has 1 N–H and O–H groups in total. The third-order valence-electron chi connectivity index (χ3n) is 2.75. The van der Waals surface area contributed by atoms with Gasteiger partial charge in [0.05, 0.1) is 6.61 Å². The first-order valence-corrected chi connectivity index (χ1v) is 6.68. The molecule has 19 heavy (non-hydrogen) atoms. The zero-order valence-electron chi connectivity index (χ0n) is 11.4. The van der Waals surface area contributed by atoms with Crippen LogP contribution in [0.3, 0.4) is 0 Å². The molecule has 0 heterocycles. The molecule has 0 aromatic heterocycles. The molecule has 1 unspecified atom stereocenters. The van der Waals surface area contributed by atoms with Gasteiger partial charge in [0, 0.05) is 6.42 Å². The Morgan fingerprint density at radius 1 is 1.37 bits per heavy atom. The predicted molar refractivity (Wildman–Crippen MR) is 76.5 cm³/mol. The molecule has 1 aromatic carbocycles. The van der Waals surface area contributed by atoms with Crippen molar-refractivity contribution < 1.29 is 9.53 Å². The highest BCUT2D eigenvalue weighted by atomic mass is 16.5. The lowest BCUT2D eigenvalue weighted by molar-refractivity contribution is -0.145. The molecule has 0 saturated carbocycles. The Labute approximate surface area is 115 Å². The van der Waals surface area contributed by atoms with Gasteiger partial charge in [-0.15, -0.1) is 12.3 Å². The van der Waals surface area contributed by atoms with E-state index in [1.807, 2.05) is 37.3 Å². The summed E-state index contributed by atoms with van der Waals surface area (Å²) in [6.07, 6.45) is 7.90. The van der Waals surface area contributed by atoms with Gasteiger partial charge in [-0.3, -0.25) is 0 Å². The normalized spacial score (nSPS) is 11.6. The molecule has 102 valence electrons. The van der Waals surface area contributed by atoms with Crippen molar-refractivity contribution in [2.45, 2.75) is 32.2 Å². The lowest BCUT2D eigenvalue weighted by atomic mass is 10.1. The molecule has 0 aliphatic heterocycles. The number of rotatable bonds is 8. The third kappa shape index (κ3) is 5.58. The van der Waals surface area contributed by atoms with E-state index in [0.717, 1.165) is 31.4 Å². The Bertz CT molecular complexity index is 409. The van der Waals surface area contributed by atoms with Crippen molar-refractivity contribution in [2.75, 3.05) is 13.2 Å². The Kier molecular flexibility index (Phi) is 7.38. The highest BCUT2D eigenvalue weighted by molar-refractivity contribution is 5.77. The van der Waals surface area contributed by atoms with Gasteiger partial charge < -0.3 is 10.1 Å². The SMILES string of the molecule is C#CCCCCNC(C(=O)OCC)c1ccccc1. The zero-order chi connectivity index (χ0) is 13.9. The maximum atomic E-state index is 11.9. The topological polar surface area (TPSA) is 38.3 Å². The summed E-state index contributed by atoms with van der Waals surface area (Å²) in [6.45, 7) is 2.95. The van der Waals surface area contributed by atoms with Crippen LogP contribution in [-0.2, 0) is 9.53 Å². The van der Waals surface area contributed by atoms with Gasteiger partial charge >= 0.3 is 5.97 Å². The Morgan fingerprint density at radius 2 is 2.11 bits per heavy atom. The molecule has 3 heteroatoms. The van der Waals surface area contributed by atoms with Crippen molar-refractivity contribution in [3.05, 3.63) is 35.9 Å². The lowest BCUT2D eigenvalue weighted by Crippen LogP contribution is -2.31. The van der Waals surface area contributed by atoms with E-state index in [-0.39, 0.29) is 5.97 Å². The first kappa shape index (κ1) is 15.3. The summed E-state index contributed by atoms with van der Waals surface area (Å²) in [5, 5.41) is 3.24. The van der Waals surface area contributed by atoms with E-state index < -0.39 is 6.04 Å². The predicted octanol–water partition coefficient (Wildman–Crippen LogP) is 2.68. The Balaban J connectivity index is 2.56. The summed E-state index contributed by atoms with van der Waals surface area (Å²) < 4.78 is 5.10. The molecule has 1 aromatic rings. The van der Waals surface area contributed by atoms with Crippen LogP contribution in [0.5, 0.6) is 0 Å². The highest BCUT2D eigenvalue weighted by Gasteiger charge is 2.20. The largest absolute Gasteiger partial charge is 0.465 e. The van der Waals surface area contributed by atoms with Crippen LogP contribution in [0.4, 0.5) is 0 Å². The molecule has 0 amide bonds. The molecule has 1 rings (SSSR count). The molecule has 0 aliphatic rings. The van der Waals surface area contributed by atoms with Crippen molar-refractivity contribution in [2.24, 2.45) is 0 Å². The van der Waals surface area contributed by atoms with E-state index >= 15 is 0 Å². The fraction of sp³-hybridized carbons (Fsp3) is 0.438. The molecule has 3 nitrogen and oxygen atoms in total. The van der Waals surface area contributed by atoms with E-state index in [1.54, 1.807) is 0 Å². The van der Waals surface area contributed by atoms with E-state index in [1.165, 1.54) is 0 Å². The van der Waals surface area contributed by atoms with Gasteiger partial charge in [-0.2, -0.15) is 0 Å². The minimum atomic E-state index is -0.396. The minimum Gasteiger partial charge on any atom is -0.465 e. The van der Waals surface area contributed by atoms with Gasteiger partial charge in [-0.1, -0.05) is 30.3 Å². The maximum absolute atomic E-state index is 11.9. The number of carbonyl (C=O) groups is 1. The third-order valence-corrected chi connectivity index (χ3v) is 2.75. The molecular weight excluding hydrogens is 238 g/mol. The first-order chi connectivity index (χ1) is 9.29. The van der Waals surface area contributed by atoms with E-state index in [0.29, 0.717) is 6.61 Å². The van der Waals surface area contributed by atoms with E-state index in [2.05, 4.69) is 11.2 Å². The first-order valence-electron chi connectivity index (χ1n) is 6.68. The summed E-state index contributed by atoms with van der Waals surface area (Å²) in [5.74, 6) is 2.38. The van der Waals surface area contributed by atoms with Crippen LogP contribution in [0.2, 0.25) is 0 Å². The number of nitrogens with one attached hydrogen (secondary N) is 1. The highest BCUT2D eigenvalue weighted by Crippen LogP contribution is 2.14. The second-order valence-electron chi connectivity index (χ2n) is 4.21. The van der Waals surface area contributed by atoms with Crippen molar-refractivity contribution in [1.82, 2.24) is 5.32 Å². The van der Waals surface area contributed by atoms with Crippen molar-refractivity contribution in [1.29, 1.82) is 0 Å². The Hall–Kier alpha value is -1.79. The van der Waals surface area contributed by atoms with Crippen molar-refractivity contribution in [3.63, 3.8) is 0 Å². The minimum absolute atomic E-state index is 0.231. The molecule has 0 saturated heterocycles. The number of benzene rings is 1. The van der Waals surface area contributed by atoms with Crippen LogP contribution >= 0.6 is 0 Å². The van der Waals surface area contributed by atoms with Crippen LogP contribution in [0.15, 0.2) is 30.3 Å². The fourth-order valence-corrected chi connectivity index (χ4v) is 1.81. The summed E-state index contributed by atoms with van der Waals surface area (Å²) >= 11 is 0. The molecule has 0 radical (unpaired) electrons. The van der Waals surface area contributed by atoms with Crippen LogP contribution < -0.4 is 5.32 Å². The summed E-state index contributed by atoms with van der Waals surface area (Å²) in [5.41, 5.74) is 0.929. The van der Waals surface area contributed by atoms with Gasteiger partial charge in [-0.25, -0.2) is 4.79 Å². The molecule has 0 bridgehead atoms. The standard InChI is InChI=1S/C16H21NO2/c1-3-5-6-10-13-17-15(16(18)19-4-2)14-11-8-7-9-12-14/h1,7-9,11-12,15,17H,4-6,10,13H2,2H3. The number of hydrogen-bond donors (Lipinski definition) is 1. The molecule has 0 aliphatic carbocycles. The second kappa shape index (κ2) is 9.18. The van der Waals surface area contributed by atoms with Gasteiger partial charge in [0.15, 0.2) is 0 Å². The summed E-state index contributed by atoms with van der Waals surface area (Å²) in [7, 11) is 0. The van der Waals surface area contributed by atoms with Crippen molar-refractivity contribution in [3.8, 4) is 12.3 Å². The van der Waals surface area contributed by atoms with Gasteiger partial charge in [0.25, 0.3) is 0 Å². The molecule has 1 atom stereocenters. The van der Waals surface area contributed by atoms with Gasteiger partial charge in [0.2, 0.25) is 0 Å². The summed E-state index contributed by atoms with van der Waals surface area (Å²) in [6, 6.07) is 9.22. The van der Waals surface area contributed by atoms with Crippen LogP contribution in [0.1, 0.15) is 37.8 Å². The average molecular weight is 259 g/mol. The summed E-state index contributed by atoms with van der Waals surface area (Å²) in [4.78, 5) is 11.9. The number of terminal acetylenes is 1. The number of esters is 1. The molecular formula is C16H21NO2. The number of hydrogen-bond acceptors (Lipinski definition) is 3. The smallest absolute Gasteiger partial charge is 0.327 e. The van der Waals surface area contributed by atoms with Gasteiger partial charge in [0.1, 0.15) is 6.04 Å². The number of carbonyl (C=O) groups excluding carboxylic acids is 1. The van der Waals surface area contributed by atoms with Crippen LogP contribution in [0, 0.1) is 12.3 Å². The Morgan fingerprint density at radius 3 is 2.74 bits per heavy atom. The number of ether oxygens (including phenoxy) is 1. The lowest BCUT2D eigenvalue weighted by Gasteiger charge is -2.17. The monoisotopic (exact) mass is 259 g/mol. The zero-order valence-corrected chi connectivity index (χ0v) is 11.4. The van der Waals surface area contributed by atoms with E-state index in [9.17, 15) is 4.79 Å². The quantitative estimate of drug-likeness (QED) is 0.443. The molecule has 0 fully saturated rings. The van der Waals surface area contributed by atoms with Gasteiger partial charge in [-0.05, 0) is 31.9 Å². The maximum Gasteiger partial charge on any atom is 0.327 e. The fourth-order valence-electron chi connectivity index (χ4n) is 1.81. The average Bonchev–Trinajstić information content (AvgIpc) is 2.44. The molecule has 0 spiro atoms. The second-order valence-corrected chi connectivity index (χ2v) is 4.21.